The number of rotatable bonds is 5. The molecule has 2 heterocycles. The minimum atomic E-state index is 0.487. The van der Waals surface area contributed by atoms with Crippen LogP contribution in [0, 0.1) is 6.92 Å². The molecule has 24 heavy (non-hydrogen) atoms. The first-order valence-electron chi connectivity index (χ1n) is 9.26. The van der Waals surface area contributed by atoms with Gasteiger partial charge in [-0.05, 0) is 62.6 Å². The number of nitrogens with one attached hydrogen (secondary N) is 1. The molecule has 0 spiro atoms. The average Bonchev–Trinajstić information content (AvgIpc) is 2.91. The maximum absolute atomic E-state index is 4.70. The number of nitrogens with zero attached hydrogens (tertiary/aromatic N) is 2. The second kappa shape index (κ2) is 8.29. The molecule has 1 fully saturated rings. The molecular weight excluding hydrogens is 294 g/mol. The minimum absolute atomic E-state index is 0.487. The minimum Gasteiger partial charge on any atom is -0.366 e. The number of para-hydroxylation sites is 1. The van der Waals surface area contributed by atoms with Gasteiger partial charge in [-0.15, -0.1) is 0 Å². The van der Waals surface area contributed by atoms with Gasteiger partial charge in [-0.2, -0.15) is 0 Å². The summed E-state index contributed by atoms with van der Waals surface area (Å²) in [6.45, 7) is 7.37. The van der Waals surface area contributed by atoms with Crippen LogP contribution in [-0.4, -0.2) is 18.1 Å². The molecule has 0 bridgehead atoms. The highest BCUT2D eigenvalue weighted by Gasteiger charge is 2.17. The normalized spacial score (nSPS) is 18.2. The maximum Gasteiger partial charge on any atom is 0.0602 e. The van der Waals surface area contributed by atoms with Crippen LogP contribution in [0.3, 0.4) is 0 Å². The van der Waals surface area contributed by atoms with Gasteiger partial charge in [0.1, 0.15) is 0 Å². The molecule has 0 aliphatic carbocycles. The van der Waals surface area contributed by atoms with Crippen molar-refractivity contribution < 1.29 is 0 Å². The molecule has 2 aromatic rings. The van der Waals surface area contributed by atoms with E-state index in [0.717, 1.165) is 25.3 Å². The van der Waals surface area contributed by atoms with Gasteiger partial charge in [0.2, 0.25) is 0 Å². The fourth-order valence-corrected chi connectivity index (χ4v) is 3.56. The molecule has 3 nitrogen and oxygen atoms in total. The van der Waals surface area contributed by atoms with E-state index in [0.29, 0.717) is 6.04 Å². The summed E-state index contributed by atoms with van der Waals surface area (Å²) >= 11 is 0. The van der Waals surface area contributed by atoms with Crippen molar-refractivity contribution in [1.82, 2.24) is 10.3 Å². The number of anilines is 1. The Hall–Kier alpha value is -1.87. The molecule has 0 saturated carbocycles. The third kappa shape index (κ3) is 4.15. The van der Waals surface area contributed by atoms with E-state index in [1.807, 2.05) is 0 Å². The number of aromatic nitrogens is 1. The van der Waals surface area contributed by atoms with Crippen molar-refractivity contribution in [3.63, 3.8) is 0 Å². The van der Waals surface area contributed by atoms with Gasteiger partial charge < -0.3 is 10.2 Å². The van der Waals surface area contributed by atoms with Crippen molar-refractivity contribution in [2.24, 2.45) is 0 Å². The van der Waals surface area contributed by atoms with E-state index >= 15 is 0 Å². The summed E-state index contributed by atoms with van der Waals surface area (Å²) in [6, 6.07) is 13.4. The van der Waals surface area contributed by atoms with Crippen molar-refractivity contribution in [3.05, 3.63) is 59.4 Å². The fraction of sp³-hybridized carbons (Fsp3) is 0.476. The van der Waals surface area contributed by atoms with Crippen LogP contribution in [0.25, 0.3) is 0 Å². The van der Waals surface area contributed by atoms with Gasteiger partial charge in [0, 0.05) is 24.5 Å². The van der Waals surface area contributed by atoms with Crippen LogP contribution in [-0.2, 0) is 6.54 Å². The number of pyridine rings is 1. The molecular formula is C21H29N3. The van der Waals surface area contributed by atoms with Crippen LogP contribution in [0.15, 0.2) is 42.6 Å². The molecule has 1 aliphatic heterocycles. The lowest BCUT2D eigenvalue weighted by Crippen LogP contribution is -2.24. The van der Waals surface area contributed by atoms with Gasteiger partial charge in [0.05, 0.1) is 12.2 Å². The Kier molecular flexibility index (Phi) is 5.86. The second-order valence-electron chi connectivity index (χ2n) is 6.74. The van der Waals surface area contributed by atoms with Gasteiger partial charge in [0.15, 0.2) is 0 Å². The fourth-order valence-electron chi connectivity index (χ4n) is 3.56. The predicted molar refractivity (Wildman–Crippen MR) is 101 cm³/mol. The Bertz CT molecular complexity index is 631. The van der Waals surface area contributed by atoms with Crippen molar-refractivity contribution in [2.45, 2.75) is 52.1 Å². The molecule has 3 heteroatoms. The van der Waals surface area contributed by atoms with E-state index in [1.54, 1.807) is 0 Å². The Balaban J connectivity index is 1.79. The van der Waals surface area contributed by atoms with E-state index in [9.17, 15) is 0 Å². The first-order valence-corrected chi connectivity index (χ1v) is 9.26. The Morgan fingerprint density at radius 2 is 2.00 bits per heavy atom. The molecule has 0 amide bonds. The highest BCUT2D eigenvalue weighted by molar-refractivity contribution is 5.46. The van der Waals surface area contributed by atoms with E-state index in [2.05, 4.69) is 66.7 Å². The lowest BCUT2D eigenvalue weighted by atomic mass is 9.98. The number of benzene rings is 1. The van der Waals surface area contributed by atoms with Crippen LogP contribution in [0.1, 0.15) is 55.5 Å². The zero-order chi connectivity index (χ0) is 16.8. The highest BCUT2D eigenvalue weighted by atomic mass is 15.1. The summed E-state index contributed by atoms with van der Waals surface area (Å²) in [5.41, 5.74) is 5.16. The molecule has 1 atom stereocenters. The molecule has 128 valence electrons. The van der Waals surface area contributed by atoms with Crippen LogP contribution in [0.4, 0.5) is 5.69 Å². The van der Waals surface area contributed by atoms with Crippen molar-refractivity contribution >= 4 is 5.69 Å². The van der Waals surface area contributed by atoms with Crippen LogP contribution >= 0.6 is 0 Å². The zero-order valence-corrected chi connectivity index (χ0v) is 15.0. The summed E-state index contributed by atoms with van der Waals surface area (Å²) in [4.78, 5) is 7.08. The number of hydrogen-bond donors (Lipinski definition) is 1. The van der Waals surface area contributed by atoms with Gasteiger partial charge >= 0.3 is 0 Å². The molecule has 1 saturated heterocycles. The van der Waals surface area contributed by atoms with E-state index in [-0.39, 0.29) is 0 Å². The zero-order valence-electron chi connectivity index (χ0n) is 15.0. The molecule has 1 aliphatic rings. The quantitative estimate of drug-likeness (QED) is 0.870. The maximum atomic E-state index is 4.70. The standard InChI is InChI=1S/C21H29N3/c1-3-24(19-10-6-4-7-11-19)16-18-14-20(17(2)15-23-18)21-12-8-5-9-13-22-21/h4,6-7,10-11,14-15,21-22H,3,5,8-9,12-13,16H2,1-2H3. The molecule has 0 radical (unpaired) electrons. The summed E-state index contributed by atoms with van der Waals surface area (Å²) in [6.07, 6.45) is 7.25. The lowest BCUT2D eigenvalue weighted by molar-refractivity contribution is 0.531. The van der Waals surface area contributed by atoms with E-state index < -0.39 is 0 Å². The van der Waals surface area contributed by atoms with Gasteiger partial charge in [0.25, 0.3) is 0 Å². The monoisotopic (exact) mass is 323 g/mol. The topological polar surface area (TPSA) is 28.2 Å². The van der Waals surface area contributed by atoms with Crippen LogP contribution in [0.2, 0.25) is 0 Å². The first kappa shape index (κ1) is 17.0. The molecule has 1 N–H and O–H groups in total. The van der Waals surface area contributed by atoms with E-state index in [4.69, 9.17) is 4.98 Å². The smallest absolute Gasteiger partial charge is 0.0602 e. The van der Waals surface area contributed by atoms with Crippen molar-refractivity contribution in [3.8, 4) is 0 Å². The number of hydrogen-bond acceptors (Lipinski definition) is 3. The highest BCUT2D eigenvalue weighted by Crippen LogP contribution is 2.26. The average molecular weight is 323 g/mol. The second-order valence-corrected chi connectivity index (χ2v) is 6.74. The van der Waals surface area contributed by atoms with Crippen LogP contribution < -0.4 is 10.2 Å². The summed E-state index contributed by atoms with van der Waals surface area (Å²) in [7, 11) is 0. The van der Waals surface area contributed by atoms with Crippen molar-refractivity contribution in [1.29, 1.82) is 0 Å². The van der Waals surface area contributed by atoms with Gasteiger partial charge in [-0.1, -0.05) is 31.0 Å². The molecule has 3 rings (SSSR count). The predicted octanol–water partition coefficient (Wildman–Crippen LogP) is 4.62. The molecule has 1 aromatic heterocycles. The first-order chi connectivity index (χ1) is 11.8. The summed E-state index contributed by atoms with van der Waals surface area (Å²) in [5.74, 6) is 0. The van der Waals surface area contributed by atoms with E-state index in [1.165, 1.54) is 42.5 Å². The van der Waals surface area contributed by atoms with Crippen LogP contribution in [0.5, 0.6) is 0 Å². The SMILES string of the molecule is CCN(Cc1cc(C2CCCCCN2)c(C)cn1)c1ccccc1. The summed E-state index contributed by atoms with van der Waals surface area (Å²) < 4.78 is 0. The van der Waals surface area contributed by atoms with Gasteiger partial charge in [-0.25, -0.2) is 0 Å². The third-order valence-electron chi connectivity index (χ3n) is 4.99. The lowest BCUT2D eigenvalue weighted by Gasteiger charge is -2.24. The Morgan fingerprint density at radius 3 is 2.79 bits per heavy atom. The summed E-state index contributed by atoms with van der Waals surface area (Å²) in [5, 5.41) is 3.72. The third-order valence-corrected chi connectivity index (χ3v) is 4.99. The molecule has 1 aromatic carbocycles. The number of aryl methyl sites for hydroxylation is 1. The Morgan fingerprint density at radius 1 is 1.17 bits per heavy atom. The van der Waals surface area contributed by atoms with Crippen molar-refractivity contribution in [2.75, 3.05) is 18.0 Å². The Labute approximate surface area is 146 Å². The van der Waals surface area contributed by atoms with Gasteiger partial charge in [-0.3, -0.25) is 4.98 Å². The molecule has 1 unspecified atom stereocenters. The largest absolute Gasteiger partial charge is 0.366 e.